The monoisotopic (exact) mass is 338 g/mol. The molecule has 0 saturated carbocycles. The second-order valence-electron chi connectivity index (χ2n) is 6.42. The molecule has 2 rings (SSSR count). The number of carbonyl (C=O) groups excluding carboxylic acids is 2. The van der Waals surface area contributed by atoms with Gasteiger partial charge in [-0.2, -0.15) is 0 Å². The second kappa shape index (κ2) is 8.47. The zero-order valence-corrected chi connectivity index (χ0v) is 15.4. The van der Waals surface area contributed by atoms with Crippen molar-refractivity contribution in [1.29, 1.82) is 0 Å². The van der Waals surface area contributed by atoms with Crippen LogP contribution in [0.4, 0.5) is 5.69 Å². The van der Waals surface area contributed by atoms with Crippen LogP contribution in [-0.2, 0) is 9.59 Å². The summed E-state index contributed by atoms with van der Waals surface area (Å²) in [5.41, 5.74) is 4.02. The molecule has 0 aliphatic heterocycles. The van der Waals surface area contributed by atoms with Crippen LogP contribution in [0.2, 0.25) is 0 Å². The molecule has 0 heterocycles. The minimum absolute atomic E-state index is 0.0316. The summed E-state index contributed by atoms with van der Waals surface area (Å²) >= 11 is 0. The Kier molecular flexibility index (Phi) is 6.34. The first kappa shape index (κ1) is 18.7. The Hall–Kier alpha value is -2.62. The van der Waals surface area contributed by atoms with E-state index in [-0.39, 0.29) is 24.3 Å². The van der Waals surface area contributed by atoms with Crippen LogP contribution in [0.5, 0.6) is 0 Å². The lowest BCUT2D eigenvalue weighted by atomic mass is 10.1. The number of nitrogens with zero attached hydrogens (tertiary/aromatic N) is 1. The first-order valence-corrected chi connectivity index (χ1v) is 8.57. The van der Waals surface area contributed by atoms with Crippen LogP contribution < -0.4 is 5.32 Å². The molecule has 25 heavy (non-hydrogen) atoms. The molecular weight excluding hydrogens is 312 g/mol. The number of hydrogen-bond donors (Lipinski definition) is 1. The summed E-state index contributed by atoms with van der Waals surface area (Å²) < 4.78 is 0. The SMILES string of the molecule is CC(=O)N(CCC(=O)Nc1cc(C)ccc1C)C(C)c1ccccc1. The van der Waals surface area contributed by atoms with E-state index in [9.17, 15) is 9.59 Å². The first-order chi connectivity index (χ1) is 11.9. The quantitative estimate of drug-likeness (QED) is 0.856. The molecule has 1 atom stereocenters. The highest BCUT2D eigenvalue weighted by molar-refractivity contribution is 5.92. The van der Waals surface area contributed by atoms with Gasteiger partial charge in [0.1, 0.15) is 0 Å². The van der Waals surface area contributed by atoms with E-state index >= 15 is 0 Å². The van der Waals surface area contributed by atoms with Crippen molar-refractivity contribution in [1.82, 2.24) is 4.90 Å². The van der Waals surface area contributed by atoms with Gasteiger partial charge in [-0.3, -0.25) is 9.59 Å². The van der Waals surface area contributed by atoms with Crippen LogP contribution in [-0.4, -0.2) is 23.3 Å². The molecule has 0 aromatic heterocycles. The molecule has 0 saturated heterocycles. The fourth-order valence-corrected chi connectivity index (χ4v) is 2.84. The van der Waals surface area contributed by atoms with Crippen molar-refractivity contribution >= 4 is 17.5 Å². The molecule has 0 bridgehead atoms. The van der Waals surface area contributed by atoms with E-state index in [2.05, 4.69) is 5.32 Å². The van der Waals surface area contributed by atoms with Gasteiger partial charge in [-0.25, -0.2) is 0 Å². The fourth-order valence-electron chi connectivity index (χ4n) is 2.84. The Bertz CT molecular complexity index is 741. The fraction of sp³-hybridized carbons (Fsp3) is 0.333. The van der Waals surface area contributed by atoms with Gasteiger partial charge in [0.05, 0.1) is 6.04 Å². The molecule has 0 aliphatic rings. The number of hydrogen-bond acceptors (Lipinski definition) is 2. The molecule has 2 aromatic carbocycles. The highest BCUT2D eigenvalue weighted by atomic mass is 16.2. The van der Waals surface area contributed by atoms with Crippen molar-refractivity contribution in [2.24, 2.45) is 0 Å². The standard InChI is InChI=1S/C21H26N2O2/c1-15-10-11-16(2)20(14-15)22-21(25)12-13-23(18(4)24)17(3)19-8-6-5-7-9-19/h5-11,14,17H,12-13H2,1-4H3,(H,22,25). The molecule has 0 fully saturated rings. The maximum absolute atomic E-state index is 12.3. The van der Waals surface area contributed by atoms with Gasteiger partial charge < -0.3 is 10.2 Å². The van der Waals surface area contributed by atoms with Crippen LogP contribution >= 0.6 is 0 Å². The molecule has 2 amide bonds. The highest BCUT2D eigenvalue weighted by Crippen LogP contribution is 2.21. The third-order valence-electron chi connectivity index (χ3n) is 4.40. The first-order valence-electron chi connectivity index (χ1n) is 8.57. The summed E-state index contributed by atoms with van der Waals surface area (Å²) in [6.45, 7) is 7.88. The van der Waals surface area contributed by atoms with Crippen LogP contribution in [0.25, 0.3) is 0 Å². The summed E-state index contributed by atoms with van der Waals surface area (Å²) in [4.78, 5) is 26.1. The topological polar surface area (TPSA) is 49.4 Å². The van der Waals surface area contributed by atoms with Gasteiger partial charge >= 0.3 is 0 Å². The summed E-state index contributed by atoms with van der Waals surface area (Å²) in [7, 11) is 0. The maximum Gasteiger partial charge on any atom is 0.226 e. The minimum atomic E-state index is -0.0831. The molecule has 1 unspecified atom stereocenters. The van der Waals surface area contributed by atoms with Crippen molar-refractivity contribution in [3.63, 3.8) is 0 Å². The average Bonchev–Trinajstić information content (AvgIpc) is 2.58. The van der Waals surface area contributed by atoms with Crippen molar-refractivity contribution in [3.8, 4) is 0 Å². The molecule has 4 heteroatoms. The number of carbonyl (C=O) groups is 2. The summed E-state index contributed by atoms with van der Waals surface area (Å²) in [6.07, 6.45) is 0.268. The number of rotatable bonds is 6. The lowest BCUT2D eigenvalue weighted by molar-refractivity contribution is -0.131. The molecule has 0 spiro atoms. The van der Waals surface area contributed by atoms with E-state index in [1.807, 2.05) is 69.3 Å². The molecular formula is C21H26N2O2. The lowest BCUT2D eigenvalue weighted by Crippen LogP contribution is -2.34. The number of aryl methyl sites for hydroxylation is 2. The van der Waals surface area contributed by atoms with Crippen molar-refractivity contribution < 1.29 is 9.59 Å². The Labute approximate surface area is 149 Å². The van der Waals surface area contributed by atoms with E-state index in [0.717, 1.165) is 22.4 Å². The van der Waals surface area contributed by atoms with Gasteiger partial charge in [-0.05, 0) is 43.5 Å². The highest BCUT2D eigenvalue weighted by Gasteiger charge is 2.19. The number of amides is 2. The molecule has 132 valence electrons. The zero-order chi connectivity index (χ0) is 18.4. The van der Waals surface area contributed by atoms with Crippen molar-refractivity contribution in [3.05, 3.63) is 65.2 Å². The van der Waals surface area contributed by atoms with Gasteiger partial charge in [0.2, 0.25) is 11.8 Å². The van der Waals surface area contributed by atoms with Crippen LogP contribution in [0.15, 0.2) is 48.5 Å². The van der Waals surface area contributed by atoms with Crippen LogP contribution in [0, 0.1) is 13.8 Å². The largest absolute Gasteiger partial charge is 0.336 e. The van der Waals surface area contributed by atoms with E-state index in [1.54, 1.807) is 11.8 Å². The van der Waals surface area contributed by atoms with Crippen LogP contribution in [0.3, 0.4) is 0 Å². The van der Waals surface area contributed by atoms with E-state index in [0.29, 0.717) is 6.54 Å². The number of benzene rings is 2. The third-order valence-corrected chi connectivity index (χ3v) is 4.40. The molecule has 2 aromatic rings. The average molecular weight is 338 g/mol. The Morgan fingerprint density at radius 3 is 2.40 bits per heavy atom. The van der Waals surface area contributed by atoms with Gasteiger partial charge in [-0.1, -0.05) is 42.5 Å². The summed E-state index contributed by atoms with van der Waals surface area (Å²) in [5.74, 6) is -0.115. The number of nitrogens with one attached hydrogen (secondary N) is 1. The molecule has 1 N–H and O–H groups in total. The molecule has 0 radical (unpaired) electrons. The van der Waals surface area contributed by atoms with Gasteiger partial charge in [0.15, 0.2) is 0 Å². The minimum Gasteiger partial charge on any atom is -0.336 e. The van der Waals surface area contributed by atoms with Crippen molar-refractivity contribution in [2.45, 2.75) is 40.2 Å². The second-order valence-corrected chi connectivity index (χ2v) is 6.42. The third kappa shape index (κ3) is 5.18. The van der Waals surface area contributed by atoms with Crippen molar-refractivity contribution in [2.75, 3.05) is 11.9 Å². The Morgan fingerprint density at radius 1 is 1.08 bits per heavy atom. The predicted octanol–water partition coefficient (Wildman–Crippen LogP) is 4.24. The van der Waals surface area contributed by atoms with Gasteiger partial charge in [0, 0.05) is 25.6 Å². The molecule has 4 nitrogen and oxygen atoms in total. The Balaban J connectivity index is 2.00. The van der Waals surface area contributed by atoms with Gasteiger partial charge in [0.25, 0.3) is 0 Å². The van der Waals surface area contributed by atoms with E-state index in [1.165, 1.54) is 0 Å². The summed E-state index contributed by atoms with van der Waals surface area (Å²) in [6, 6.07) is 15.8. The zero-order valence-electron chi connectivity index (χ0n) is 15.4. The lowest BCUT2D eigenvalue weighted by Gasteiger charge is -2.28. The van der Waals surface area contributed by atoms with E-state index < -0.39 is 0 Å². The normalized spacial score (nSPS) is 11.7. The Morgan fingerprint density at radius 2 is 1.76 bits per heavy atom. The molecule has 0 aliphatic carbocycles. The maximum atomic E-state index is 12.3. The predicted molar refractivity (Wildman–Crippen MR) is 101 cm³/mol. The number of anilines is 1. The van der Waals surface area contributed by atoms with Gasteiger partial charge in [-0.15, -0.1) is 0 Å². The smallest absolute Gasteiger partial charge is 0.226 e. The summed E-state index contributed by atoms with van der Waals surface area (Å²) in [5, 5.41) is 2.95. The van der Waals surface area contributed by atoms with E-state index in [4.69, 9.17) is 0 Å². The van der Waals surface area contributed by atoms with Crippen LogP contribution in [0.1, 0.15) is 43.0 Å².